The van der Waals surface area contributed by atoms with Crippen molar-refractivity contribution in [2.45, 2.75) is 31.6 Å². The van der Waals surface area contributed by atoms with Crippen LogP contribution in [0.15, 0.2) is 0 Å². The quantitative estimate of drug-likeness (QED) is 0.728. The molecule has 1 aliphatic rings. The summed E-state index contributed by atoms with van der Waals surface area (Å²) in [6.45, 7) is 5.98. The minimum atomic E-state index is -1.04. The van der Waals surface area contributed by atoms with Crippen molar-refractivity contribution in [1.82, 2.24) is 4.90 Å². The summed E-state index contributed by atoms with van der Waals surface area (Å²) in [5.74, 6) is 0.407. The van der Waals surface area contributed by atoms with Crippen LogP contribution < -0.4 is 0 Å². The molecule has 1 amide bonds. The van der Waals surface area contributed by atoms with Crippen LogP contribution in [0, 0.1) is 0 Å². The van der Waals surface area contributed by atoms with Crippen molar-refractivity contribution in [3.8, 4) is 0 Å². The van der Waals surface area contributed by atoms with Crippen LogP contribution in [0.4, 0.5) is 4.79 Å². The van der Waals surface area contributed by atoms with Crippen LogP contribution in [-0.2, 0) is 15.5 Å². The molecular weight excluding hydrogens is 230 g/mol. The zero-order chi connectivity index (χ0) is 12.3. The maximum Gasteiger partial charge on any atom is 0.410 e. The Balaban J connectivity index is 2.55. The highest BCUT2D eigenvalue weighted by Gasteiger charge is 2.30. The first-order chi connectivity index (χ1) is 7.33. The molecule has 1 rings (SSSR count). The molecule has 0 aromatic rings. The molecule has 2 unspecified atom stereocenters. The summed E-state index contributed by atoms with van der Waals surface area (Å²) >= 11 is 0. The molecule has 94 valence electrons. The van der Waals surface area contributed by atoms with Crippen LogP contribution in [0.1, 0.15) is 20.8 Å². The highest BCUT2D eigenvalue weighted by molar-refractivity contribution is 7.85. The first kappa shape index (κ1) is 13.4. The fourth-order valence-corrected chi connectivity index (χ4v) is 2.67. The average Bonchev–Trinajstić information content (AvgIpc) is 2.15. The Kier molecular flexibility index (Phi) is 4.32. The maximum atomic E-state index is 11.7. The molecule has 0 bridgehead atoms. The lowest BCUT2D eigenvalue weighted by Crippen LogP contribution is -2.49. The average molecular weight is 249 g/mol. The Hall–Kier alpha value is -0.620. The molecule has 0 radical (unpaired) electrons. The van der Waals surface area contributed by atoms with Crippen molar-refractivity contribution in [3.05, 3.63) is 0 Å². The van der Waals surface area contributed by atoms with E-state index >= 15 is 0 Å². The van der Waals surface area contributed by atoms with Crippen LogP contribution in [0.3, 0.4) is 0 Å². The van der Waals surface area contributed by atoms with Crippen molar-refractivity contribution >= 4 is 16.9 Å². The van der Waals surface area contributed by atoms with Crippen molar-refractivity contribution < 1.29 is 18.8 Å². The Labute approximate surface area is 98.2 Å². The second-order valence-electron chi connectivity index (χ2n) is 4.82. The maximum absolute atomic E-state index is 11.7. The third-order valence-electron chi connectivity index (χ3n) is 2.21. The smallest absolute Gasteiger partial charge is 0.410 e. The molecule has 6 heteroatoms. The predicted molar refractivity (Wildman–Crippen MR) is 61.7 cm³/mol. The molecule has 0 spiro atoms. The lowest BCUT2D eigenvalue weighted by atomic mass is 10.2. The van der Waals surface area contributed by atoms with Gasteiger partial charge in [0.25, 0.3) is 0 Å². The lowest BCUT2D eigenvalue weighted by Gasteiger charge is -2.32. The van der Waals surface area contributed by atoms with Gasteiger partial charge in [-0.2, -0.15) is 0 Å². The molecule has 1 fully saturated rings. The fourth-order valence-electron chi connectivity index (χ4n) is 1.42. The summed E-state index contributed by atoms with van der Waals surface area (Å²) in [5.41, 5.74) is -0.525. The van der Waals surface area contributed by atoms with E-state index in [0.717, 1.165) is 0 Å². The van der Waals surface area contributed by atoms with Gasteiger partial charge in [0.1, 0.15) is 5.60 Å². The molecule has 0 aromatic heterocycles. The molecule has 0 aliphatic carbocycles. The van der Waals surface area contributed by atoms with E-state index in [2.05, 4.69) is 0 Å². The summed E-state index contributed by atoms with van der Waals surface area (Å²) in [7, 11) is -1.04. The van der Waals surface area contributed by atoms with Gasteiger partial charge in [0.15, 0.2) is 0 Å². The minimum Gasteiger partial charge on any atom is -0.444 e. The van der Waals surface area contributed by atoms with Gasteiger partial charge in [-0.3, -0.25) is 4.21 Å². The number of hydrogen-bond acceptors (Lipinski definition) is 4. The van der Waals surface area contributed by atoms with Gasteiger partial charge in [0.05, 0.1) is 11.9 Å². The molecule has 1 heterocycles. The van der Waals surface area contributed by atoms with Crippen LogP contribution in [-0.4, -0.2) is 56.6 Å². The van der Waals surface area contributed by atoms with Crippen molar-refractivity contribution in [3.63, 3.8) is 0 Å². The number of nitrogens with zero attached hydrogens (tertiary/aromatic N) is 1. The van der Waals surface area contributed by atoms with E-state index < -0.39 is 22.5 Å². The van der Waals surface area contributed by atoms with E-state index in [-0.39, 0.29) is 11.9 Å². The second kappa shape index (κ2) is 5.14. The van der Waals surface area contributed by atoms with Crippen LogP contribution in [0.5, 0.6) is 0 Å². The standard InChI is InChI=1S/C10H19NO4S/c1-10(2,3)15-9(13)11-4-5-16(14)8(6-11)7-12/h8,12H,4-7H2,1-3H3. The van der Waals surface area contributed by atoms with E-state index in [1.54, 1.807) is 20.8 Å². The third kappa shape index (κ3) is 3.75. The van der Waals surface area contributed by atoms with Gasteiger partial charge >= 0.3 is 6.09 Å². The lowest BCUT2D eigenvalue weighted by molar-refractivity contribution is 0.0247. The Bertz CT molecular complexity index is 287. The Morgan fingerprint density at radius 1 is 1.56 bits per heavy atom. The fraction of sp³-hybridized carbons (Fsp3) is 0.900. The van der Waals surface area contributed by atoms with E-state index in [1.165, 1.54) is 4.90 Å². The van der Waals surface area contributed by atoms with E-state index in [4.69, 9.17) is 9.84 Å². The number of aliphatic hydroxyl groups is 1. The van der Waals surface area contributed by atoms with E-state index in [1.807, 2.05) is 0 Å². The SMILES string of the molecule is CC(C)(C)OC(=O)N1CCS(=O)C(CO)C1. The molecule has 2 atom stereocenters. The molecule has 5 nitrogen and oxygen atoms in total. The summed E-state index contributed by atoms with van der Waals surface area (Å²) in [6.07, 6.45) is -0.400. The van der Waals surface area contributed by atoms with E-state index in [0.29, 0.717) is 18.8 Å². The number of rotatable bonds is 1. The Morgan fingerprint density at radius 3 is 2.69 bits per heavy atom. The van der Waals surface area contributed by atoms with Gasteiger partial charge in [-0.15, -0.1) is 0 Å². The van der Waals surface area contributed by atoms with Gasteiger partial charge < -0.3 is 14.7 Å². The number of hydrogen-bond donors (Lipinski definition) is 1. The molecule has 1 aliphatic heterocycles. The number of amides is 1. The number of carbonyl (C=O) groups is 1. The topological polar surface area (TPSA) is 66.8 Å². The molecule has 0 aromatic carbocycles. The highest BCUT2D eigenvalue weighted by Crippen LogP contribution is 2.14. The molecule has 0 saturated carbocycles. The predicted octanol–water partition coefficient (Wildman–Crippen LogP) is 0.347. The molecular formula is C10H19NO4S. The molecule has 1 saturated heterocycles. The van der Waals surface area contributed by atoms with Crippen molar-refractivity contribution in [2.75, 3.05) is 25.4 Å². The first-order valence-corrected chi connectivity index (χ1v) is 6.67. The van der Waals surface area contributed by atoms with Crippen molar-refractivity contribution in [1.29, 1.82) is 0 Å². The van der Waals surface area contributed by atoms with Gasteiger partial charge in [0, 0.05) is 29.6 Å². The summed E-state index contributed by atoms with van der Waals surface area (Å²) in [6, 6.07) is 0. The van der Waals surface area contributed by atoms with Crippen LogP contribution in [0.25, 0.3) is 0 Å². The normalized spacial score (nSPS) is 26.6. The number of carbonyl (C=O) groups excluding carboxylic acids is 1. The van der Waals surface area contributed by atoms with Gasteiger partial charge in [-0.1, -0.05) is 0 Å². The summed E-state index contributed by atoms with van der Waals surface area (Å²) in [4.78, 5) is 13.2. The zero-order valence-electron chi connectivity index (χ0n) is 9.93. The van der Waals surface area contributed by atoms with Gasteiger partial charge in [-0.25, -0.2) is 4.79 Å². The second-order valence-corrected chi connectivity index (χ2v) is 6.65. The summed E-state index contributed by atoms with van der Waals surface area (Å²) < 4.78 is 16.7. The number of aliphatic hydroxyl groups excluding tert-OH is 1. The highest BCUT2D eigenvalue weighted by atomic mass is 32.2. The zero-order valence-corrected chi connectivity index (χ0v) is 10.7. The van der Waals surface area contributed by atoms with Crippen LogP contribution in [0.2, 0.25) is 0 Å². The van der Waals surface area contributed by atoms with E-state index in [9.17, 15) is 9.00 Å². The Morgan fingerprint density at radius 2 is 2.19 bits per heavy atom. The third-order valence-corrected chi connectivity index (χ3v) is 3.84. The first-order valence-electron chi connectivity index (χ1n) is 5.29. The minimum absolute atomic E-state index is 0.161. The van der Waals surface area contributed by atoms with Gasteiger partial charge in [0.2, 0.25) is 0 Å². The molecule has 16 heavy (non-hydrogen) atoms. The largest absolute Gasteiger partial charge is 0.444 e. The monoisotopic (exact) mass is 249 g/mol. The van der Waals surface area contributed by atoms with Gasteiger partial charge in [-0.05, 0) is 20.8 Å². The van der Waals surface area contributed by atoms with Crippen LogP contribution >= 0.6 is 0 Å². The number of ether oxygens (including phenoxy) is 1. The molecule has 1 N–H and O–H groups in total. The summed E-state index contributed by atoms with van der Waals surface area (Å²) in [5, 5.41) is 8.68. The van der Waals surface area contributed by atoms with Crippen molar-refractivity contribution in [2.24, 2.45) is 0 Å².